The normalized spacial score (nSPS) is 15.2. The van der Waals surface area contributed by atoms with Gasteiger partial charge in [-0.05, 0) is 31.2 Å². The largest absolute Gasteiger partial charge is 0.396 e. The Morgan fingerprint density at radius 1 is 0.926 bits per heavy atom. The molecule has 0 saturated carbocycles. The molecule has 0 aromatic heterocycles. The van der Waals surface area contributed by atoms with Crippen molar-refractivity contribution in [1.82, 2.24) is 4.90 Å². The van der Waals surface area contributed by atoms with Gasteiger partial charge in [-0.2, -0.15) is 0 Å². The van der Waals surface area contributed by atoms with E-state index in [-0.39, 0.29) is 0 Å². The van der Waals surface area contributed by atoms with Gasteiger partial charge in [0.05, 0.1) is 6.04 Å². The van der Waals surface area contributed by atoms with E-state index in [2.05, 4.69) is 53.1 Å². The highest BCUT2D eigenvalue weighted by Gasteiger charge is 2.27. The van der Waals surface area contributed by atoms with Crippen molar-refractivity contribution in [3.8, 4) is 0 Å². The summed E-state index contributed by atoms with van der Waals surface area (Å²) in [6, 6.07) is 11.3. The van der Waals surface area contributed by atoms with E-state index < -0.39 is 0 Å². The molecule has 0 amide bonds. The lowest BCUT2D eigenvalue weighted by Gasteiger charge is -2.20. The molecule has 0 bridgehead atoms. The van der Waals surface area contributed by atoms with Crippen LogP contribution in [0.2, 0.25) is 0 Å². The Kier molecular flexibility index (Phi) is 11.2. The van der Waals surface area contributed by atoms with E-state index >= 15 is 0 Å². The van der Waals surface area contributed by atoms with Gasteiger partial charge in [0.15, 0.2) is 0 Å². The molecule has 1 N–H and O–H groups in total. The summed E-state index contributed by atoms with van der Waals surface area (Å²) in [6.07, 6.45) is 16.7. The summed E-state index contributed by atoms with van der Waals surface area (Å²) in [4.78, 5) is 2.54. The Labute approximate surface area is 167 Å². The van der Waals surface area contributed by atoms with Crippen LogP contribution < -0.4 is 0 Å². The predicted molar refractivity (Wildman–Crippen MR) is 115 cm³/mol. The van der Waals surface area contributed by atoms with Crippen LogP contribution in [0.5, 0.6) is 0 Å². The number of aliphatic hydroxyl groups is 1. The number of benzene rings is 1. The molecule has 0 saturated heterocycles. The minimum Gasteiger partial charge on any atom is -0.396 e. The molecular weight excluding hydrogens is 332 g/mol. The van der Waals surface area contributed by atoms with Crippen LogP contribution in [0.1, 0.15) is 83.1 Å². The number of hydrogen-bond acceptors (Lipinski definition) is 2. The molecule has 1 aromatic carbocycles. The van der Waals surface area contributed by atoms with Crippen LogP contribution in [0.3, 0.4) is 0 Å². The van der Waals surface area contributed by atoms with Gasteiger partial charge in [-0.3, -0.25) is 9.48 Å². The lowest BCUT2D eigenvalue weighted by molar-refractivity contribution is -0.530. The smallest absolute Gasteiger partial charge is 0.234 e. The SMILES string of the molecule is CCCCCCCCCCC(CCCO)N1C=[N+](Cc2ccccc2)CC1. The summed E-state index contributed by atoms with van der Waals surface area (Å²) in [6.45, 7) is 5.84. The van der Waals surface area contributed by atoms with Gasteiger partial charge in [0.1, 0.15) is 19.6 Å². The summed E-state index contributed by atoms with van der Waals surface area (Å²) in [5.74, 6) is 0. The number of rotatable bonds is 15. The van der Waals surface area contributed by atoms with E-state index in [1.807, 2.05) is 0 Å². The summed E-state index contributed by atoms with van der Waals surface area (Å²) in [5.41, 5.74) is 1.38. The molecule has 0 fully saturated rings. The van der Waals surface area contributed by atoms with Crippen LogP contribution in [0.25, 0.3) is 0 Å². The van der Waals surface area contributed by atoms with Gasteiger partial charge < -0.3 is 5.11 Å². The minimum absolute atomic E-state index is 0.315. The zero-order chi connectivity index (χ0) is 19.2. The van der Waals surface area contributed by atoms with Gasteiger partial charge in [0.25, 0.3) is 0 Å². The maximum Gasteiger partial charge on any atom is 0.234 e. The van der Waals surface area contributed by atoms with Gasteiger partial charge in [0.2, 0.25) is 6.34 Å². The molecule has 1 aromatic rings. The molecule has 0 aliphatic carbocycles. The standard InChI is InChI=1S/C24H41N2O/c1-2-3-4-5-6-7-8-12-16-24(17-13-20-27)26-19-18-25(22-26)21-23-14-10-9-11-15-23/h9-11,14-15,22,24,27H,2-8,12-13,16-21H2,1H3/q+1. The Balaban J connectivity index is 1.72. The first-order chi connectivity index (χ1) is 13.3. The minimum atomic E-state index is 0.315. The first-order valence-corrected chi connectivity index (χ1v) is 11.3. The molecule has 1 aliphatic heterocycles. The third kappa shape index (κ3) is 8.92. The van der Waals surface area contributed by atoms with Gasteiger partial charge in [-0.15, -0.1) is 0 Å². The molecular formula is C24H41N2O+. The average Bonchev–Trinajstić information content (AvgIpc) is 3.15. The van der Waals surface area contributed by atoms with Crippen molar-refractivity contribution in [1.29, 1.82) is 0 Å². The van der Waals surface area contributed by atoms with Crippen LogP contribution in [0.4, 0.5) is 0 Å². The van der Waals surface area contributed by atoms with E-state index in [1.165, 1.54) is 63.4 Å². The van der Waals surface area contributed by atoms with E-state index in [0.29, 0.717) is 12.6 Å². The van der Waals surface area contributed by atoms with Gasteiger partial charge in [-0.25, -0.2) is 0 Å². The van der Waals surface area contributed by atoms with Crippen LogP contribution in [-0.2, 0) is 6.54 Å². The quantitative estimate of drug-likeness (QED) is 0.337. The molecule has 1 unspecified atom stereocenters. The van der Waals surface area contributed by atoms with Crippen molar-refractivity contribution in [2.45, 2.75) is 90.1 Å². The summed E-state index contributed by atoms with van der Waals surface area (Å²) >= 11 is 0. The van der Waals surface area contributed by atoms with Crippen molar-refractivity contribution < 1.29 is 9.68 Å². The average molecular weight is 374 g/mol. The Morgan fingerprint density at radius 3 is 2.30 bits per heavy atom. The number of nitrogens with zero attached hydrogens (tertiary/aromatic N) is 2. The highest BCUT2D eigenvalue weighted by Crippen LogP contribution is 2.18. The molecule has 1 heterocycles. The molecule has 3 nitrogen and oxygen atoms in total. The highest BCUT2D eigenvalue weighted by molar-refractivity contribution is 5.51. The van der Waals surface area contributed by atoms with Gasteiger partial charge >= 0.3 is 0 Å². The lowest BCUT2D eigenvalue weighted by Crippen LogP contribution is -2.33. The Hall–Kier alpha value is -1.35. The zero-order valence-electron chi connectivity index (χ0n) is 17.5. The van der Waals surface area contributed by atoms with Gasteiger partial charge in [0, 0.05) is 6.61 Å². The van der Waals surface area contributed by atoms with E-state index in [0.717, 1.165) is 32.5 Å². The monoisotopic (exact) mass is 373 g/mol. The highest BCUT2D eigenvalue weighted by atomic mass is 16.2. The second kappa shape index (κ2) is 13.8. The topological polar surface area (TPSA) is 26.5 Å². The van der Waals surface area contributed by atoms with Crippen LogP contribution >= 0.6 is 0 Å². The number of unbranched alkanes of at least 4 members (excludes halogenated alkanes) is 7. The maximum atomic E-state index is 9.28. The predicted octanol–water partition coefficient (Wildman–Crippen LogP) is 5.21. The summed E-state index contributed by atoms with van der Waals surface area (Å²) < 4.78 is 2.44. The maximum absolute atomic E-state index is 9.28. The molecule has 1 aliphatic rings. The first-order valence-electron chi connectivity index (χ1n) is 11.3. The number of aliphatic hydroxyl groups excluding tert-OH is 1. The fraction of sp³-hybridized carbons (Fsp3) is 0.708. The summed E-state index contributed by atoms with van der Waals surface area (Å²) in [5, 5.41) is 9.28. The molecule has 3 heteroatoms. The van der Waals surface area contributed by atoms with E-state index in [1.54, 1.807) is 0 Å². The molecule has 152 valence electrons. The Morgan fingerprint density at radius 2 is 1.59 bits per heavy atom. The van der Waals surface area contributed by atoms with Crippen molar-refractivity contribution in [3.05, 3.63) is 35.9 Å². The number of hydrogen-bond donors (Lipinski definition) is 1. The first kappa shape index (κ1) is 21.9. The van der Waals surface area contributed by atoms with Crippen molar-refractivity contribution in [3.63, 3.8) is 0 Å². The van der Waals surface area contributed by atoms with E-state index in [9.17, 15) is 5.11 Å². The zero-order valence-corrected chi connectivity index (χ0v) is 17.5. The van der Waals surface area contributed by atoms with E-state index in [4.69, 9.17) is 0 Å². The third-order valence-electron chi connectivity index (χ3n) is 5.74. The molecule has 0 spiro atoms. The van der Waals surface area contributed by atoms with Crippen molar-refractivity contribution in [2.75, 3.05) is 19.7 Å². The molecule has 1 atom stereocenters. The van der Waals surface area contributed by atoms with Crippen molar-refractivity contribution >= 4 is 6.34 Å². The van der Waals surface area contributed by atoms with Crippen LogP contribution in [-0.4, -0.2) is 46.7 Å². The Bertz CT molecular complexity index is 514. The summed E-state index contributed by atoms with van der Waals surface area (Å²) in [7, 11) is 0. The molecule has 27 heavy (non-hydrogen) atoms. The van der Waals surface area contributed by atoms with Crippen LogP contribution in [0, 0.1) is 0 Å². The lowest BCUT2D eigenvalue weighted by atomic mass is 10.0. The molecule has 2 rings (SSSR count). The fourth-order valence-electron chi connectivity index (χ4n) is 4.10. The second-order valence-corrected chi connectivity index (χ2v) is 8.09. The van der Waals surface area contributed by atoms with Crippen molar-refractivity contribution in [2.24, 2.45) is 0 Å². The fourth-order valence-corrected chi connectivity index (χ4v) is 4.10. The van der Waals surface area contributed by atoms with Gasteiger partial charge in [-0.1, -0.05) is 82.2 Å². The van der Waals surface area contributed by atoms with Crippen LogP contribution in [0.15, 0.2) is 30.3 Å². The third-order valence-corrected chi connectivity index (χ3v) is 5.74. The molecule has 0 radical (unpaired) electrons. The second-order valence-electron chi connectivity index (χ2n) is 8.09.